The Morgan fingerprint density at radius 1 is 0.880 bits per heavy atom. The minimum atomic E-state index is -2.18. The molecular weight excluding hydrogens is 355 g/mol. The minimum absolute atomic E-state index is 0.312. The van der Waals surface area contributed by atoms with Gasteiger partial charge < -0.3 is 21.7 Å². The molecule has 0 heterocycles. The number of benzene rings is 1. The lowest BCUT2D eigenvalue weighted by Gasteiger charge is -2.02. The van der Waals surface area contributed by atoms with E-state index < -0.39 is 49.1 Å². The van der Waals surface area contributed by atoms with Gasteiger partial charge in [-0.1, -0.05) is 0 Å². The number of aromatic hydroxyl groups is 2. The van der Waals surface area contributed by atoms with E-state index in [0.717, 1.165) is 0 Å². The Morgan fingerprint density at radius 3 is 1.32 bits per heavy atom. The van der Waals surface area contributed by atoms with E-state index in [1.807, 2.05) is 5.32 Å². The van der Waals surface area contributed by atoms with Crippen LogP contribution in [0.2, 0.25) is 0 Å². The Bertz CT molecular complexity index is 666. The van der Waals surface area contributed by atoms with Crippen LogP contribution in [0.5, 0.6) is 11.5 Å². The van der Waals surface area contributed by atoms with E-state index in [0.29, 0.717) is 0 Å². The van der Waals surface area contributed by atoms with Gasteiger partial charge in [-0.3, -0.25) is 46.5 Å². The molecule has 0 saturated heterocycles. The van der Waals surface area contributed by atoms with Crippen LogP contribution >= 0.6 is 0 Å². The van der Waals surface area contributed by atoms with Crippen molar-refractivity contribution < 1.29 is 29.4 Å². The molecule has 0 unspecified atom stereocenters. The minimum Gasteiger partial charge on any atom is -0.497 e. The number of guanidine groups is 2. The molecule has 17 heteroatoms. The molecule has 9 N–H and O–H groups in total. The maximum atomic E-state index is 13.3. The van der Waals surface area contributed by atoms with Crippen molar-refractivity contribution in [1.29, 1.82) is 10.8 Å². The van der Waals surface area contributed by atoms with Crippen molar-refractivity contribution >= 4 is 29.0 Å². The fourth-order valence-electron chi connectivity index (χ4n) is 1.31. The number of hydrogen-bond donors (Lipinski definition) is 7. The predicted octanol–water partition coefficient (Wildman–Crippen LogP) is -0.676. The molecule has 0 radical (unpaired) electrons. The molecule has 0 aliphatic rings. The van der Waals surface area contributed by atoms with Crippen molar-refractivity contribution in [2.75, 3.05) is 0 Å². The van der Waals surface area contributed by atoms with E-state index in [2.05, 4.69) is 0 Å². The van der Waals surface area contributed by atoms with Crippen LogP contribution in [0.15, 0.2) is 0 Å². The summed E-state index contributed by atoms with van der Waals surface area (Å²) in [5.41, 5.74) is 4.07. The molecule has 0 saturated carbocycles. The fraction of sp³-hybridized carbons (Fsp3) is 0. The second-order valence-electron chi connectivity index (χ2n) is 3.78. The van der Waals surface area contributed by atoms with Crippen molar-refractivity contribution in [2.45, 2.75) is 0 Å². The van der Waals surface area contributed by atoms with Crippen LogP contribution in [0.3, 0.4) is 0 Å². The first-order valence-corrected chi connectivity index (χ1v) is 5.48. The van der Waals surface area contributed by atoms with Crippen molar-refractivity contribution in [2.24, 2.45) is 11.5 Å². The summed E-state index contributed by atoms with van der Waals surface area (Å²) in [6.07, 6.45) is 0. The molecule has 1 aromatic rings. The number of nitrogens with two attached hydrogens (primary N) is 2. The predicted molar refractivity (Wildman–Crippen MR) is 76.7 cm³/mol. The number of nitrogens with one attached hydrogen (secondary N) is 3. The largest absolute Gasteiger partial charge is 0.497 e. The Hall–Kier alpha value is -4.31. The second kappa shape index (κ2) is 7.80. The molecule has 0 spiro atoms. The van der Waals surface area contributed by atoms with Crippen LogP contribution in [-0.4, -0.2) is 36.9 Å². The molecule has 16 nitrogen and oxygen atoms in total. The lowest BCUT2D eigenvalue weighted by molar-refractivity contribution is -0.409. The summed E-state index contributed by atoms with van der Waals surface area (Å²) in [6.45, 7) is 0. The normalized spacial score (nSPS) is 9.32. The first-order chi connectivity index (χ1) is 11.3. The summed E-state index contributed by atoms with van der Waals surface area (Å²) >= 11 is 0. The number of nitro benzene ring substituents is 3. The molecule has 1 rings (SSSR count). The quantitative estimate of drug-likeness (QED) is 0.152. The second-order valence-corrected chi connectivity index (χ2v) is 3.78. The molecule has 0 bridgehead atoms. The summed E-state index contributed by atoms with van der Waals surface area (Å²) < 4.78 is 13.3. The zero-order chi connectivity index (χ0) is 20.1. The van der Waals surface area contributed by atoms with Crippen LogP contribution < -0.4 is 16.8 Å². The van der Waals surface area contributed by atoms with E-state index in [1.165, 1.54) is 0 Å². The first-order valence-electron chi connectivity index (χ1n) is 5.48. The maximum Gasteiger partial charge on any atom is 0.366 e. The van der Waals surface area contributed by atoms with E-state index in [-0.39, 0.29) is 11.9 Å². The van der Waals surface area contributed by atoms with E-state index in [9.17, 15) is 34.7 Å². The van der Waals surface area contributed by atoms with Gasteiger partial charge in [-0.15, -0.1) is 0 Å². The number of nitro groups is 3. The number of nitrogens with zero attached hydrogens (tertiary/aromatic N) is 3. The van der Waals surface area contributed by atoms with Gasteiger partial charge in [0.2, 0.25) is 0 Å². The molecule has 0 atom stereocenters. The Balaban J connectivity index is 0.000000697. The highest BCUT2D eigenvalue weighted by Gasteiger charge is 2.43. The number of phenolic OH excluding ortho intramolecular Hbond substituents is 2. The average Bonchev–Trinajstić information content (AvgIpc) is 2.35. The number of halogens is 1. The monoisotopic (exact) mass is 364 g/mol. The standard InChI is InChI=1S/C6H2FN3O8.C2H7N5/c7-1-2(8(13)14)5(11)4(10(17)18)6(12)3(1)9(15)16;3-1(4)7-2(5)6/h11-12H;(H7,3,4,5,6,7). The van der Waals surface area contributed by atoms with E-state index in [4.69, 9.17) is 32.5 Å². The zero-order valence-corrected chi connectivity index (χ0v) is 11.7. The summed E-state index contributed by atoms with van der Waals surface area (Å²) in [4.78, 5) is 26.5. The highest BCUT2D eigenvalue weighted by Crippen LogP contribution is 2.50. The lowest BCUT2D eigenvalue weighted by Crippen LogP contribution is -2.39. The van der Waals surface area contributed by atoms with Crippen LogP contribution in [0.25, 0.3) is 0 Å². The molecule has 25 heavy (non-hydrogen) atoms. The van der Waals surface area contributed by atoms with Crippen LogP contribution in [0.4, 0.5) is 21.5 Å². The summed E-state index contributed by atoms with van der Waals surface area (Å²) in [5.74, 6) is -6.40. The third-order valence-electron chi connectivity index (χ3n) is 2.13. The summed E-state index contributed by atoms with van der Waals surface area (Å²) in [5, 5.41) is 64.3. The third-order valence-corrected chi connectivity index (χ3v) is 2.13. The molecule has 0 fully saturated rings. The van der Waals surface area contributed by atoms with Crippen molar-refractivity contribution in [3.05, 3.63) is 36.2 Å². The zero-order valence-electron chi connectivity index (χ0n) is 11.7. The van der Waals surface area contributed by atoms with Crippen molar-refractivity contribution in [1.82, 2.24) is 5.32 Å². The molecule has 0 amide bonds. The summed E-state index contributed by atoms with van der Waals surface area (Å²) in [7, 11) is 0. The molecule has 1 aromatic carbocycles. The van der Waals surface area contributed by atoms with Crippen LogP contribution in [0.1, 0.15) is 0 Å². The lowest BCUT2D eigenvalue weighted by atomic mass is 10.2. The topological polar surface area (TPSA) is 282 Å². The van der Waals surface area contributed by atoms with Crippen LogP contribution in [0, 0.1) is 47.0 Å². The molecular formula is C8H9FN8O8. The highest BCUT2D eigenvalue weighted by molar-refractivity contribution is 5.93. The maximum absolute atomic E-state index is 13.3. The van der Waals surface area contributed by atoms with Crippen molar-refractivity contribution in [3.63, 3.8) is 0 Å². The van der Waals surface area contributed by atoms with Gasteiger partial charge in [0.1, 0.15) is 0 Å². The molecule has 0 aromatic heterocycles. The van der Waals surface area contributed by atoms with Gasteiger partial charge in [0.05, 0.1) is 14.8 Å². The average molecular weight is 364 g/mol. The SMILES string of the molecule is N=C(N)NC(=N)N.O=[N+]([O-])c1c(O)c([N+](=O)[O-])c(F)c([N+](=O)[O-])c1O. The third kappa shape index (κ3) is 4.84. The molecule has 0 aliphatic carbocycles. The van der Waals surface area contributed by atoms with Gasteiger partial charge in [-0.05, 0) is 0 Å². The summed E-state index contributed by atoms with van der Waals surface area (Å²) in [6, 6.07) is 0. The van der Waals surface area contributed by atoms with Gasteiger partial charge in [-0.2, -0.15) is 4.39 Å². The van der Waals surface area contributed by atoms with E-state index in [1.54, 1.807) is 0 Å². The molecule has 0 aliphatic heterocycles. The Labute approximate surface area is 134 Å². The van der Waals surface area contributed by atoms with Gasteiger partial charge in [-0.25, -0.2) is 0 Å². The highest BCUT2D eigenvalue weighted by atomic mass is 19.1. The van der Waals surface area contributed by atoms with E-state index >= 15 is 0 Å². The van der Waals surface area contributed by atoms with Gasteiger partial charge >= 0.3 is 17.1 Å². The Kier molecular flexibility index (Phi) is 6.46. The Morgan fingerprint density at radius 2 is 1.16 bits per heavy atom. The van der Waals surface area contributed by atoms with Gasteiger partial charge in [0.25, 0.3) is 17.3 Å². The van der Waals surface area contributed by atoms with Gasteiger partial charge in [0, 0.05) is 0 Å². The van der Waals surface area contributed by atoms with Gasteiger partial charge in [0.15, 0.2) is 11.9 Å². The van der Waals surface area contributed by atoms with Crippen LogP contribution in [-0.2, 0) is 0 Å². The fourth-order valence-corrected chi connectivity index (χ4v) is 1.31. The molecule has 136 valence electrons. The first kappa shape index (κ1) is 20.7. The van der Waals surface area contributed by atoms with Crippen molar-refractivity contribution in [3.8, 4) is 11.5 Å². The number of hydrogen-bond acceptors (Lipinski definition) is 10. The number of phenols is 2. The number of rotatable bonds is 3. The smallest absolute Gasteiger partial charge is 0.366 e.